The topological polar surface area (TPSA) is 0 Å². The van der Waals surface area contributed by atoms with Gasteiger partial charge in [-0.1, -0.05) is 0 Å². The maximum atomic E-state index is 1.97. The fourth-order valence-corrected chi connectivity index (χ4v) is 2.65. The molecule has 3 saturated carbocycles. The molecule has 0 nitrogen and oxygen atoms in total. The molecular weight excluding hydrogens is 84.1 g/mol. The molecule has 0 amide bonds. The summed E-state index contributed by atoms with van der Waals surface area (Å²) in [5, 5.41) is 0. The number of hydrogen-bond acceptors (Lipinski definition) is 0. The lowest BCUT2D eigenvalue weighted by Gasteiger charge is -2.68. The van der Waals surface area contributed by atoms with Gasteiger partial charge in [0, 0.05) is 0 Å². The lowest BCUT2D eigenvalue weighted by Crippen LogP contribution is -2.59. The van der Waals surface area contributed by atoms with Gasteiger partial charge in [0.2, 0.25) is 0 Å². The van der Waals surface area contributed by atoms with Crippen LogP contribution in [0.25, 0.3) is 0 Å². The van der Waals surface area contributed by atoms with Gasteiger partial charge in [-0.05, 0) is 42.9 Å². The van der Waals surface area contributed by atoms with Crippen molar-refractivity contribution in [1.82, 2.24) is 0 Å². The molecule has 0 unspecified atom stereocenters. The van der Waals surface area contributed by atoms with Crippen molar-refractivity contribution in [2.24, 2.45) is 17.8 Å². The predicted octanol–water partition coefficient (Wildman–Crippen LogP) is 1.62. The van der Waals surface area contributed by atoms with Gasteiger partial charge in [0.1, 0.15) is 0 Å². The van der Waals surface area contributed by atoms with Crippen molar-refractivity contribution in [3.8, 4) is 0 Å². The molecule has 3 rings (SSSR count). The molecule has 1 radical (unpaired) electrons. The first-order valence-electron chi connectivity index (χ1n) is 3.32. The first-order chi connectivity index (χ1) is 3.45. The second-order valence-electron chi connectivity index (χ2n) is 3.30. The Kier molecular flexibility index (Phi) is 0.296. The highest BCUT2D eigenvalue weighted by atomic mass is 14.7. The third-order valence-corrected chi connectivity index (χ3v) is 3.12. The zero-order valence-corrected chi connectivity index (χ0v) is 4.35. The number of rotatable bonds is 0. The SMILES string of the molecule is C1C2CC3CC1[C]23. The highest BCUT2D eigenvalue weighted by Crippen LogP contribution is 2.71. The van der Waals surface area contributed by atoms with Gasteiger partial charge in [0.05, 0.1) is 0 Å². The summed E-state index contributed by atoms with van der Waals surface area (Å²) < 4.78 is 0. The molecule has 0 spiro atoms. The summed E-state index contributed by atoms with van der Waals surface area (Å²) >= 11 is 0. The molecule has 0 bridgehead atoms. The fraction of sp³-hybridized carbons (Fsp3) is 0.857. The van der Waals surface area contributed by atoms with Crippen molar-refractivity contribution < 1.29 is 0 Å². The highest BCUT2D eigenvalue weighted by molar-refractivity contribution is 5.31. The summed E-state index contributed by atoms with van der Waals surface area (Å²) in [6, 6.07) is 0. The lowest BCUT2D eigenvalue weighted by atomic mass is 9.37. The van der Waals surface area contributed by atoms with Crippen LogP contribution < -0.4 is 0 Å². The van der Waals surface area contributed by atoms with Crippen LogP contribution in [0.15, 0.2) is 0 Å². The standard InChI is InChI=1S/C7H9/c1-4-2-6-3-5(1)7(4)6/h4-6H,1-3H2. The van der Waals surface area contributed by atoms with E-state index in [-0.39, 0.29) is 0 Å². The van der Waals surface area contributed by atoms with E-state index in [0.717, 1.165) is 17.8 Å². The normalized spacial score (nSPS) is 64.3. The molecule has 0 aromatic rings. The molecule has 3 aliphatic carbocycles. The molecule has 0 N–H and O–H groups in total. The van der Waals surface area contributed by atoms with E-state index in [1.165, 1.54) is 0 Å². The van der Waals surface area contributed by atoms with Crippen LogP contribution >= 0.6 is 0 Å². The van der Waals surface area contributed by atoms with Gasteiger partial charge in [-0.15, -0.1) is 0 Å². The largest absolute Gasteiger partial charge is 0.0464 e. The Labute approximate surface area is 43.9 Å². The molecule has 7 heavy (non-hydrogen) atoms. The van der Waals surface area contributed by atoms with Crippen LogP contribution in [0.5, 0.6) is 0 Å². The van der Waals surface area contributed by atoms with Crippen LogP contribution in [0.3, 0.4) is 0 Å². The molecule has 0 atom stereocenters. The Hall–Kier alpha value is 0. The van der Waals surface area contributed by atoms with Gasteiger partial charge in [0.15, 0.2) is 0 Å². The smallest absolute Gasteiger partial charge is 0.0148 e. The second kappa shape index (κ2) is 0.667. The van der Waals surface area contributed by atoms with Crippen LogP contribution in [0, 0.1) is 23.7 Å². The van der Waals surface area contributed by atoms with Gasteiger partial charge >= 0.3 is 0 Å². The van der Waals surface area contributed by atoms with E-state index in [9.17, 15) is 0 Å². The van der Waals surface area contributed by atoms with Crippen molar-refractivity contribution in [2.45, 2.75) is 19.3 Å². The third-order valence-electron chi connectivity index (χ3n) is 3.12. The molecule has 0 heteroatoms. The van der Waals surface area contributed by atoms with Gasteiger partial charge in [-0.2, -0.15) is 0 Å². The maximum absolute atomic E-state index is 1.97. The summed E-state index contributed by atoms with van der Waals surface area (Å²) in [7, 11) is 0. The Bertz CT molecular complexity index is 87.4. The Morgan fingerprint density at radius 3 is 1.29 bits per heavy atom. The van der Waals surface area contributed by atoms with Gasteiger partial charge in [-0.25, -0.2) is 0 Å². The molecular formula is C7H9. The average Bonchev–Trinajstić information content (AvgIpc) is 1.66. The second-order valence-corrected chi connectivity index (χ2v) is 3.30. The van der Waals surface area contributed by atoms with Crippen LogP contribution in [0.1, 0.15) is 19.3 Å². The summed E-state index contributed by atoms with van der Waals surface area (Å²) in [6.07, 6.45) is 4.73. The number of hydrogen-bond donors (Lipinski definition) is 0. The Morgan fingerprint density at radius 1 is 0.857 bits per heavy atom. The van der Waals surface area contributed by atoms with Crippen LogP contribution in [-0.4, -0.2) is 0 Å². The van der Waals surface area contributed by atoms with E-state index in [0.29, 0.717) is 0 Å². The van der Waals surface area contributed by atoms with E-state index in [1.54, 1.807) is 19.3 Å². The van der Waals surface area contributed by atoms with Crippen LogP contribution in [-0.2, 0) is 0 Å². The molecule has 0 saturated heterocycles. The summed E-state index contributed by atoms with van der Waals surface area (Å²) in [5.41, 5.74) is 0. The summed E-state index contributed by atoms with van der Waals surface area (Å²) in [6.45, 7) is 0. The zero-order valence-electron chi connectivity index (χ0n) is 4.35. The monoisotopic (exact) mass is 93.1 g/mol. The summed E-state index contributed by atoms with van der Waals surface area (Å²) in [5.74, 6) is 5.44. The predicted molar refractivity (Wildman–Crippen MR) is 27.6 cm³/mol. The van der Waals surface area contributed by atoms with E-state index in [1.807, 2.05) is 5.92 Å². The Balaban J connectivity index is 2.00. The molecule has 0 aliphatic heterocycles. The van der Waals surface area contributed by atoms with E-state index in [4.69, 9.17) is 0 Å². The zero-order chi connectivity index (χ0) is 4.43. The molecule has 3 aliphatic rings. The minimum atomic E-state index is 1.16. The third kappa shape index (κ3) is 0.167. The van der Waals surface area contributed by atoms with Crippen LogP contribution in [0.2, 0.25) is 0 Å². The van der Waals surface area contributed by atoms with Crippen molar-refractivity contribution in [1.29, 1.82) is 0 Å². The highest BCUT2D eigenvalue weighted by Gasteiger charge is 2.62. The maximum Gasteiger partial charge on any atom is -0.0148 e. The molecule has 3 fully saturated rings. The Morgan fingerprint density at radius 2 is 1.29 bits per heavy atom. The molecule has 37 valence electrons. The first-order valence-corrected chi connectivity index (χ1v) is 3.32. The van der Waals surface area contributed by atoms with Crippen LogP contribution in [0.4, 0.5) is 0 Å². The quantitative estimate of drug-likeness (QED) is 0.427. The van der Waals surface area contributed by atoms with E-state index >= 15 is 0 Å². The molecule has 0 aromatic heterocycles. The minimum Gasteiger partial charge on any atom is -0.0464 e. The minimum absolute atomic E-state index is 1.16. The van der Waals surface area contributed by atoms with Gasteiger partial charge in [0.25, 0.3) is 0 Å². The van der Waals surface area contributed by atoms with Crippen molar-refractivity contribution in [3.63, 3.8) is 0 Å². The molecule has 0 aromatic carbocycles. The fourth-order valence-electron chi connectivity index (χ4n) is 2.65. The molecule has 0 heterocycles. The van der Waals surface area contributed by atoms with Crippen molar-refractivity contribution >= 4 is 0 Å². The van der Waals surface area contributed by atoms with E-state index in [2.05, 4.69) is 0 Å². The van der Waals surface area contributed by atoms with Gasteiger partial charge < -0.3 is 0 Å². The van der Waals surface area contributed by atoms with Gasteiger partial charge in [-0.3, -0.25) is 0 Å². The summed E-state index contributed by atoms with van der Waals surface area (Å²) in [4.78, 5) is 0. The first kappa shape index (κ1) is 3.11. The van der Waals surface area contributed by atoms with E-state index < -0.39 is 0 Å². The average molecular weight is 93.1 g/mol. The lowest BCUT2D eigenvalue weighted by molar-refractivity contribution is -0.0456. The van der Waals surface area contributed by atoms with Crippen molar-refractivity contribution in [2.75, 3.05) is 0 Å². The van der Waals surface area contributed by atoms with Crippen molar-refractivity contribution in [3.05, 3.63) is 5.92 Å².